The first-order valence-electron chi connectivity index (χ1n) is 6.41. The Hall–Kier alpha value is 0.423. The van der Waals surface area contributed by atoms with Gasteiger partial charge in [-0.1, -0.05) is 0 Å². The first-order chi connectivity index (χ1) is 7.91. The van der Waals surface area contributed by atoms with Crippen LogP contribution in [0.25, 0.3) is 0 Å². The largest absolute Gasteiger partial charge is 1.00 e. The van der Waals surface area contributed by atoms with Crippen LogP contribution in [-0.2, 0) is 23.2 Å². The van der Waals surface area contributed by atoms with Gasteiger partial charge < -0.3 is 24.8 Å². The molecule has 2 aliphatic carbocycles. The Labute approximate surface area is 141 Å². The van der Waals surface area contributed by atoms with Gasteiger partial charge in [0.15, 0.2) is 0 Å². The fourth-order valence-corrected chi connectivity index (χ4v) is 6.90. The number of halogens is 2. The van der Waals surface area contributed by atoms with E-state index in [1.165, 1.54) is 12.8 Å². The van der Waals surface area contributed by atoms with Gasteiger partial charge in [-0.25, -0.2) is 0 Å². The maximum absolute atomic E-state index is 2.34. The van der Waals surface area contributed by atoms with E-state index < -0.39 is 23.2 Å². The SMILES string of the molecule is CC1=C(C)[C]([Zr+2][C]2=C(C)CC(C)=C2C)=C(C)C1.[Cl-].[Cl-]. The summed E-state index contributed by atoms with van der Waals surface area (Å²) < 4.78 is 3.55. The minimum Gasteiger partial charge on any atom is -1.00 e. The molecule has 0 bridgehead atoms. The third-order valence-corrected chi connectivity index (χ3v) is 9.37. The average Bonchev–Trinajstić information content (AvgIpc) is 2.62. The van der Waals surface area contributed by atoms with Crippen LogP contribution < -0.4 is 24.8 Å². The third-order valence-electron chi connectivity index (χ3n) is 4.19. The van der Waals surface area contributed by atoms with E-state index in [1.54, 1.807) is 40.0 Å². The third kappa shape index (κ3) is 3.75. The molecular weight excluding hydrogens is 354 g/mol. The van der Waals surface area contributed by atoms with Crippen LogP contribution in [0.5, 0.6) is 0 Å². The van der Waals surface area contributed by atoms with Crippen LogP contribution in [0.2, 0.25) is 0 Å². The molecule has 0 saturated heterocycles. The van der Waals surface area contributed by atoms with Gasteiger partial charge in [0.25, 0.3) is 0 Å². The van der Waals surface area contributed by atoms with Crippen LogP contribution >= 0.6 is 0 Å². The van der Waals surface area contributed by atoms with Crippen molar-refractivity contribution in [3.63, 3.8) is 0 Å². The van der Waals surface area contributed by atoms with Gasteiger partial charge in [0.05, 0.1) is 0 Å². The molecule has 0 unspecified atom stereocenters. The molecule has 0 aliphatic heterocycles. The predicted octanol–water partition coefficient (Wildman–Crippen LogP) is -0.895. The van der Waals surface area contributed by atoms with Crippen molar-refractivity contribution < 1.29 is 48.0 Å². The summed E-state index contributed by atoms with van der Waals surface area (Å²) in [5.74, 6) is 0. The topological polar surface area (TPSA) is 0 Å². The Morgan fingerprint density at radius 1 is 0.579 bits per heavy atom. The smallest absolute Gasteiger partial charge is 1.00 e. The van der Waals surface area contributed by atoms with Crippen molar-refractivity contribution in [3.05, 3.63) is 40.0 Å². The van der Waals surface area contributed by atoms with Crippen molar-refractivity contribution in [2.75, 3.05) is 0 Å². The molecule has 0 fully saturated rings. The summed E-state index contributed by atoms with van der Waals surface area (Å²) in [5, 5.41) is 0. The molecule has 3 heteroatoms. The van der Waals surface area contributed by atoms with Gasteiger partial charge in [-0.2, -0.15) is 0 Å². The van der Waals surface area contributed by atoms with E-state index >= 15 is 0 Å². The number of hydrogen-bond donors (Lipinski definition) is 0. The van der Waals surface area contributed by atoms with Crippen LogP contribution in [0, 0.1) is 0 Å². The van der Waals surface area contributed by atoms with Crippen molar-refractivity contribution in [3.8, 4) is 0 Å². The van der Waals surface area contributed by atoms with Crippen molar-refractivity contribution in [2.24, 2.45) is 0 Å². The summed E-state index contributed by atoms with van der Waals surface area (Å²) >= 11 is -0.560. The zero-order valence-corrected chi connectivity index (χ0v) is 16.6. The molecule has 0 aromatic carbocycles. The zero-order chi connectivity index (χ0) is 12.7. The molecule has 0 spiro atoms. The molecule has 0 nitrogen and oxygen atoms in total. The van der Waals surface area contributed by atoms with E-state index in [9.17, 15) is 0 Å². The molecule has 0 aromatic heterocycles. The summed E-state index contributed by atoms with van der Waals surface area (Å²) in [7, 11) is 0. The fourth-order valence-electron chi connectivity index (χ4n) is 2.83. The van der Waals surface area contributed by atoms with Crippen molar-refractivity contribution in [2.45, 2.75) is 54.4 Å². The Kier molecular flexibility index (Phi) is 7.60. The first-order valence-corrected chi connectivity index (χ1v) is 8.87. The molecule has 0 atom stereocenters. The summed E-state index contributed by atoms with van der Waals surface area (Å²) in [6, 6.07) is 0. The maximum atomic E-state index is 2.34. The van der Waals surface area contributed by atoms with Gasteiger partial charge in [0, 0.05) is 0 Å². The molecule has 19 heavy (non-hydrogen) atoms. The van der Waals surface area contributed by atoms with E-state index in [4.69, 9.17) is 0 Å². The molecule has 0 saturated carbocycles. The quantitative estimate of drug-likeness (QED) is 0.586. The minimum atomic E-state index is -0.560. The molecular formula is C16H22Cl2Zr. The summed E-state index contributed by atoms with van der Waals surface area (Å²) in [6.07, 6.45) is 2.46. The van der Waals surface area contributed by atoms with E-state index in [0.717, 1.165) is 0 Å². The summed E-state index contributed by atoms with van der Waals surface area (Å²) in [5.41, 5.74) is 9.76. The Balaban J connectivity index is 0.00000162. The van der Waals surface area contributed by atoms with Crippen LogP contribution in [-0.4, -0.2) is 0 Å². The molecule has 0 amide bonds. The first kappa shape index (κ1) is 19.4. The molecule has 2 rings (SSSR count). The normalized spacial score (nSPS) is 18.8. The van der Waals surface area contributed by atoms with E-state index in [-0.39, 0.29) is 24.8 Å². The van der Waals surface area contributed by atoms with Gasteiger partial charge in [-0.05, 0) is 0 Å². The molecule has 2 aliphatic rings. The van der Waals surface area contributed by atoms with Crippen molar-refractivity contribution in [1.82, 2.24) is 0 Å². The second kappa shape index (κ2) is 7.44. The predicted molar refractivity (Wildman–Crippen MR) is 71.4 cm³/mol. The van der Waals surface area contributed by atoms with E-state index in [0.29, 0.717) is 0 Å². The van der Waals surface area contributed by atoms with Crippen molar-refractivity contribution in [1.29, 1.82) is 0 Å². The monoisotopic (exact) mass is 374 g/mol. The minimum absolute atomic E-state index is 0. The van der Waals surface area contributed by atoms with Crippen LogP contribution in [0.1, 0.15) is 54.4 Å². The van der Waals surface area contributed by atoms with E-state index in [1.807, 2.05) is 0 Å². The van der Waals surface area contributed by atoms with Crippen LogP contribution in [0.4, 0.5) is 0 Å². The number of hydrogen-bond acceptors (Lipinski definition) is 0. The van der Waals surface area contributed by atoms with Gasteiger partial charge in [-0.15, -0.1) is 0 Å². The van der Waals surface area contributed by atoms with Gasteiger partial charge in [-0.3, -0.25) is 0 Å². The zero-order valence-electron chi connectivity index (χ0n) is 12.7. The maximum Gasteiger partial charge on any atom is -1.00 e. The fraction of sp³-hybridized carbons (Fsp3) is 0.500. The average molecular weight is 376 g/mol. The number of rotatable bonds is 2. The Bertz CT molecular complexity index is 459. The number of allylic oxidation sites excluding steroid dienone is 8. The van der Waals surface area contributed by atoms with Gasteiger partial charge in [0.1, 0.15) is 0 Å². The molecule has 0 heterocycles. The molecule has 0 radical (unpaired) electrons. The molecule has 104 valence electrons. The second-order valence-electron chi connectivity index (χ2n) is 5.60. The summed E-state index contributed by atoms with van der Waals surface area (Å²) in [4.78, 5) is 0. The van der Waals surface area contributed by atoms with Crippen LogP contribution in [0.3, 0.4) is 0 Å². The van der Waals surface area contributed by atoms with Gasteiger partial charge in [0.2, 0.25) is 0 Å². The van der Waals surface area contributed by atoms with Crippen LogP contribution in [0.15, 0.2) is 40.0 Å². The second-order valence-corrected chi connectivity index (χ2v) is 8.67. The van der Waals surface area contributed by atoms with E-state index in [2.05, 4.69) is 41.5 Å². The van der Waals surface area contributed by atoms with Gasteiger partial charge >= 0.3 is 118 Å². The Morgan fingerprint density at radius 3 is 1.11 bits per heavy atom. The summed E-state index contributed by atoms with van der Waals surface area (Å²) in [6.45, 7) is 13.9. The molecule has 0 aromatic rings. The molecule has 0 N–H and O–H groups in total. The Morgan fingerprint density at radius 2 is 0.895 bits per heavy atom. The van der Waals surface area contributed by atoms with Crippen molar-refractivity contribution >= 4 is 0 Å². The standard InChI is InChI=1S/2C8H11.2ClH.Zr/c2*1-6-4-7(2)8(3)5-6;;;/h2*4H2,1-3H3;2*1H;/q;;;;+2/p-2.